The zero-order valence-corrected chi connectivity index (χ0v) is 21.1. The van der Waals surface area contributed by atoms with Gasteiger partial charge in [-0.2, -0.15) is 5.26 Å². The van der Waals surface area contributed by atoms with Crippen LogP contribution < -0.4 is 4.90 Å². The lowest BCUT2D eigenvalue weighted by atomic mass is 9.57. The highest BCUT2D eigenvalue weighted by Crippen LogP contribution is 2.64. The Bertz CT molecular complexity index is 1310. The topological polar surface area (TPSA) is 53.3 Å². The van der Waals surface area contributed by atoms with Crippen molar-refractivity contribution in [2.75, 3.05) is 11.9 Å². The van der Waals surface area contributed by atoms with E-state index in [9.17, 15) is 10.1 Å². The molecule has 2 aromatic rings. The predicted molar refractivity (Wildman–Crippen MR) is 135 cm³/mol. The Balaban J connectivity index is 1.45. The van der Waals surface area contributed by atoms with Crippen LogP contribution in [0.5, 0.6) is 0 Å². The molecule has 1 saturated carbocycles. The minimum absolute atomic E-state index is 0.338. The fourth-order valence-electron chi connectivity index (χ4n) is 7.39. The maximum Gasteiger partial charge on any atom is 0.304 e. The van der Waals surface area contributed by atoms with Crippen molar-refractivity contribution in [1.29, 1.82) is 5.26 Å². The zero-order valence-electron chi connectivity index (χ0n) is 20.3. The summed E-state index contributed by atoms with van der Waals surface area (Å²) in [6.45, 7) is 5.86. The highest BCUT2D eigenvalue weighted by Gasteiger charge is 2.63. The van der Waals surface area contributed by atoms with Crippen molar-refractivity contribution < 1.29 is 9.53 Å². The fourth-order valence-corrected chi connectivity index (χ4v) is 8.69. The molecular weight excluding hydrogens is 440 g/mol. The van der Waals surface area contributed by atoms with Gasteiger partial charge in [-0.05, 0) is 84.9 Å². The predicted octanol–water partition coefficient (Wildman–Crippen LogP) is 6.82. The first-order valence-electron chi connectivity index (χ1n) is 12.3. The number of rotatable bonds is 1. The van der Waals surface area contributed by atoms with Crippen LogP contribution in [-0.2, 0) is 16.0 Å². The average Bonchev–Trinajstić information content (AvgIpc) is 3.11. The molecule has 6 rings (SSSR count). The molecule has 0 bridgehead atoms. The summed E-state index contributed by atoms with van der Waals surface area (Å²) in [6, 6.07) is 13.5. The zero-order chi connectivity index (χ0) is 23.8. The van der Waals surface area contributed by atoms with Gasteiger partial charge in [-0.15, -0.1) is 0 Å². The van der Waals surface area contributed by atoms with Crippen molar-refractivity contribution in [3.8, 4) is 6.07 Å². The molecule has 0 amide bonds. The van der Waals surface area contributed by atoms with Gasteiger partial charge in [0.15, 0.2) is 0 Å². The fraction of sp³-hybridized carbons (Fsp3) is 0.448. The van der Waals surface area contributed by atoms with E-state index in [-0.39, 0.29) is 11.4 Å². The van der Waals surface area contributed by atoms with Crippen LogP contribution in [-0.4, -0.2) is 18.6 Å². The van der Waals surface area contributed by atoms with Gasteiger partial charge in [-0.3, -0.25) is 4.79 Å². The van der Waals surface area contributed by atoms with Gasteiger partial charge in [0.1, 0.15) is 6.07 Å². The summed E-state index contributed by atoms with van der Waals surface area (Å²) in [5.41, 5.74) is 6.93. The number of carbonyl (C=O) groups is 1. The van der Waals surface area contributed by atoms with Crippen molar-refractivity contribution >= 4 is 34.7 Å². The van der Waals surface area contributed by atoms with Crippen molar-refractivity contribution in [2.24, 2.45) is 17.3 Å². The van der Waals surface area contributed by atoms with Crippen LogP contribution in [0.2, 0.25) is 0 Å². The van der Waals surface area contributed by atoms with Crippen molar-refractivity contribution in [2.45, 2.75) is 68.3 Å². The molecular formula is C29H30N2O2S. The van der Waals surface area contributed by atoms with Crippen LogP contribution in [0, 0.1) is 35.5 Å². The lowest BCUT2D eigenvalue weighted by molar-refractivity contribution is -0.162. The first-order chi connectivity index (χ1) is 16.3. The molecule has 0 radical (unpaired) electrons. The molecule has 1 aliphatic heterocycles. The van der Waals surface area contributed by atoms with Crippen LogP contribution in [0.25, 0.3) is 5.57 Å². The lowest BCUT2D eigenvalue weighted by Gasteiger charge is -2.49. The highest BCUT2D eigenvalue weighted by atomic mass is 32.2. The molecule has 0 aromatic heterocycles. The molecule has 4 atom stereocenters. The third kappa shape index (κ3) is 2.75. The normalized spacial score (nSPS) is 30.7. The number of hydrogen-bond donors (Lipinski definition) is 0. The second-order valence-corrected chi connectivity index (χ2v) is 11.7. The Morgan fingerprint density at radius 1 is 1.26 bits per heavy atom. The third-order valence-electron chi connectivity index (χ3n) is 9.03. The van der Waals surface area contributed by atoms with Gasteiger partial charge < -0.3 is 9.64 Å². The number of anilines is 2. The maximum absolute atomic E-state index is 11.9. The van der Waals surface area contributed by atoms with E-state index >= 15 is 0 Å². The molecule has 1 heterocycles. The number of fused-ring (bicyclic) bond motifs is 8. The molecule has 4 aliphatic rings. The summed E-state index contributed by atoms with van der Waals surface area (Å²) >= 11 is 1.91. The smallest absolute Gasteiger partial charge is 0.304 e. The molecule has 5 heteroatoms. The number of esters is 1. The molecule has 4 nitrogen and oxygen atoms in total. The van der Waals surface area contributed by atoms with E-state index < -0.39 is 5.60 Å². The summed E-state index contributed by atoms with van der Waals surface area (Å²) in [5.74, 6) is 0.412. The van der Waals surface area contributed by atoms with E-state index in [1.54, 1.807) is 0 Å². The molecule has 0 N–H and O–H groups in total. The molecule has 2 aromatic carbocycles. The SMILES string of the molecule is CC(=O)O[C@]1(C#N)CC[C@H]2[C@@H]3CCc4c5c(cc(C)c4C3=CC[C@@]21C)N(C)c1ccccc1S5. The Hall–Kier alpha value is -2.71. The number of aryl methyl sites for hydroxylation is 1. The Morgan fingerprint density at radius 3 is 2.82 bits per heavy atom. The summed E-state index contributed by atoms with van der Waals surface area (Å²) in [6.07, 6.45) is 6.85. The lowest BCUT2D eigenvalue weighted by Crippen LogP contribution is -2.50. The van der Waals surface area contributed by atoms with Gasteiger partial charge in [0.05, 0.1) is 11.4 Å². The van der Waals surface area contributed by atoms with Gasteiger partial charge >= 0.3 is 5.97 Å². The number of para-hydroxylation sites is 1. The van der Waals surface area contributed by atoms with Crippen LogP contribution in [0.4, 0.5) is 11.4 Å². The second kappa shape index (κ2) is 7.39. The van der Waals surface area contributed by atoms with E-state index in [4.69, 9.17) is 4.74 Å². The monoisotopic (exact) mass is 470 g/mol. The van der Waals surface area contributed by atoms with Crippen molar-refractivity contribution in [3.63, 3.8) is 0 Å². The Morgan fingerprint density at radius 2 is 2.06 bits per heavy atom. The maximum atomic E-state index is 11.9. The first kappa shape index (κ1) is 21.8. The molecule has 0 unspecified atom stereocenters. The number of carbonyl (C=O) groups excluding carboxylic acids is 1. The average molecular weight is 471 g/mol. The minimum atomic E-state index is -1.01. The van der Waals surface area contributed by atoms with Gasteiger partial charge in [0.25, 0.3) is 0 Å². The van der Waals surface area contributed by atoms with Gasteiger partial charge in [-0.1, -0.05) is 36.9 Å². The van der Waals surface area contributed by atoms with Crippen LogP contribution in [0.15, 0.2) is 46.2 Å². The number of allylic oxidation sites excluding steroid dienone is 2. The largest absolute Gasteiger partial charge is 0.443 e. The number of ether oxygens (including phenoxy) is 1. The third-order valence-corrected chi connectivity index (χ3v) is 10.3. The van der Waals surface area contributed by atoms with E-state index in [2.05, 4.69) is 68.3 Å². The molecule has 34 heavy (non-hydrogen) atoms. The highest BCUT2D eigenvalue weighted by molar-refractivity contribution is 7.99. The van der Waals surface area contributed by atoms with Crippen molar-refractivity contribution in [1.82, 2.24) is 0 Å². The number of nitriles is 1. The number of nitrogens with zero attached hydrogens (tertiary/aromatic N) is 2. The van der Waals surface area contributed by atoms with Gasteiger partial charge in [0, 0.05) is 35.6 Å². The van der Waals surface area contributed by atoms with Crippen LogP contribution >= 0.6 is 11.8 Å². The second-order valence-electron chi connectivity index (χ2n) is 10.6. The Kier molecular flexibility index (Phi) is 4.74. The van der Waals surface area contributed by atoms with E-state index in [0.717, 1.165) is 25.7 Å². The first-order valence-corrected chi connectivity index (χ1v) is 13.1. The quantitative estimate of drug-likeness (QED) is 0.428. The standard InChI is InChI=1S/C29H30N2O2S/c1-17-15-24-27(34-25-8-6-5-7-23(25)31(24)4)21-10-9-19-20(26(17)21)11-13-28(3)22(19)12-14-29(28,16-30)33-18(2)32/h5-8,11,15,19,22H,9-10,12-14H2,1-4H3/t19-,22+,28+,29+/m1/s1. The van der Waals surface area contributed by atoms with Crippen LogP contribution in [0.3, 0.4) is 0 Å². The summed E-state index contributed by atoms with van der Waals surface area (Å²) in [4.78, 5) is 17.0. The van der Waals surface area contributed by atoms with Gasteiger partial charge in [0.2, 0.25) is 5.60 Å². The molecule has 174 valence electrons. The summed E-state index contributed by atoms with van der Waals surface area (Å²) in [7, 11) is 2.18. The molecule has 0 saturated heterocycles. The van der Waals surface area contributed by atoms with Crippen LogP contribution in [0.1, 0.15) is 56.2 Å². The Labute approximate surface area is 206 Å². The summed E-state index contributed by atoms with van der Waals surface area (Å²) in [5, 5.41) is 10.1. The van der Waals surface area contributed by atoms with Crippen molar-refractivity contribution in [3.05, 3.63) is 53.1 Å². The van der Waals surface area contributed by atoms with E-state index in [0.29, 0.717) is 18.3 Å². The molecule has 1 fully saturated rings. The summed E-state index contributed by atoms with van der Waals surface area (Å²) < 4.78 is 5.77. The number of hydrogen-bond acceptors (Lipinski definition) is 5. The molecule has 0 spiro atoms. The van der Waals surface area contributed by atoms with Gasteiger partial charge in [-0.25, -0.2) is 0 Å². The number of benzene rings is 2. The van der Waals surface area contributed by atoms with E-state index in [1.165, 1.54) is 50.4 Å². The van der Waals surface area contributed by atoms with E-state index in [1.807, 2.05) is 11.8 Å². The molecule has 3 aliphatic carbocycles. The minimum Gasteiger partial charge on any atom is -0.443 e.